The van der Waals surface area contributed by atoms with E-state index in [1.165, 1.54) is 82.2 Å². The quantitative estimate of drug-likeness (QED) is 0.179. The fraction of sp³-hybridized carbons (Fsp3) is 0.333. The molecule has 6 atom stereocenters. The lowest BCUT2D eigenvalue weighted by Crippen LogP contribution is -2.73. The van der Waals surface area contributed by atoms with Crippen molar-refractivity contribution in [1.82, 2.24) is 0 Å². The van der Waals surface area contributed by atoms with Crippen LogP contribution in [0.5, 0.6) is 0 Å². The third-order valence-corrected chi connectivity index (χ3v) is 16.8. The number of anilines is 3. The highest BCUT2D eigenvalue weighted by Gasteiger charge is 2.84. The average molecular weight is 728 g/mol. The van der Waals surface area contributed by atoms with Gasteiger partial charge in [0.25, 0.3) is 0 Å². The summed E-state index contributed by atoms with van der Waals surface area (Å²) in [5, 5.41) is 2.32. The molecule has 13 rings (SSSR count). The second-order valence-corrected chi connectivity index (χ2v) is 20.0. The molecule has 4 saturated carbocycles. The molecule has 2 bridgehead atoms. The van der Waals surface area contributed by atoms with Crippen LogP contribution in [-0.4, -0.2) is 0 Å². The smallest absolute Gasteiger partial charge is 0.137 e. The lowest BCUT2D eigenvalue weighted by molar-refractivity contribution is -0.231. The van der Waals surface area contributed by atoms with Crippen molar-refractivity contribution in [3.05, 3.63) is 150 Å². The number of benzene rings is 6. The van der Waals surface area contributed by atoms with Crippen LogP contribution in [-0.2, 0) is 16.2 Å². The Bertz CT molecular complexity index is 2820. The molecule has 2 spiro atoms. The third kappa shape index (κ3) is 3.71. The minimum Gasteiger partial charge on any atom is -0.456 e. The zero-order valence-corrected chi connectivity index (χ0v) is 33.0. The fourth-order valence-electron chi connectivity index (χ4n) is 14.5. The molecule has 0 radical (unpaired) electrons. The van der Waals surface area contributed by atoms with E-state index in [-0.39, 0.29) is 16.2 Å². The third-order valence-electron chi connectivity index (χ3n) is 16.8. The Morgan fingerprint density at radius 3 is 2.14 bits per heavy atom. The molecule has 0 aliphatic heterocycles. The van der Waals surface area contributed by atoms with Crippen molar-refractivity contribution in [3.63, 3.8) is 0 Å². The van der Waals surface area contributed by atoms with Gasteiger partial charge in [-0.3, -0.25) is 0 Å². The van der Waals surface area contributed by atoms with Gasteiger partial charge in [-0.2, -0.15) is 0 Å². The van der Waals surface area contributed by atoms with Crippen molar-refractivity contribution < 1.29 is 4.42 Å². The normalized spacial score (nSPS) is 29.1. The van der Waals surface area contributed by atoms with Crippen LogP contribution in [0.25, 0.3) is 44.2 Å². The molecule has 0 saturated heterocycles. The van der Waals surface area contributed by atoms with Crippen molar-refractivity contribution in [2.24, 2.45) is 29.1 Å². The predicted octanol–water partition coefficient (Wildman–Crippen LogP) is 14.4. The Labute approximate surface area is 330 Å². The van der Waals surface area contributed by atoms with E-state index in [1.807, 2.05) is 0 Å². The summed E-state index contributed by atoms with van der Waals surface area (Å²) in [4.78, 5) is 2.54. The highest BCUT2D eigenvalue weighted by molar-refractivity contribution is 6.13. The zero-order valence-electron chi connectivity index (χ0n) is 33.0. The molecule has 6 unspecified atom stereocenters. The highest BCUT2D eigenvalue weighted by atomic mass is 16.3. The van der Waals surface area contributed by atoms with Gasteiger partial charge < -0.3 is 9.32 Å². The van der Waals surface area contributed by atoms with Crippen molar-refractivity contribution in [1.29, 1.82) is 0 Å². The molecular weight excluding hydrogens is 679 g/mol. The van der Waals surface area contributed by atoms with Gasteiger partial charge in [-0.15, -0.1) is 0 Å². The Hall–Kier alpha value is -5.08. The van der Waals surface area contributed by atoms with Gasteiger partial charge in [0, 0.05) is 16.5 Å². The largest absolute Gasteiger partial charge is 0.456 e. The van der Waals surface area contributed by atoms with E-state index >= 15 is 0 Å². The van der Waals surface area contributed by atoms with Crippen LogP contribution >= 0.6 is 0 Å². The van der Waals surface area contributed by atoms with E-state index in [2.05, 4.69) is 160 Å². The van der Waals surface area contributed by atoms with E-state index in [4.69, 9.17) is 4.42 Å². The van der Waals surface area contributed by atoms with E-state index < -0.39 is 0 Å². The lowest BCUT2D eigenvalue weighted by atomic mass is 9.27. The molecule has 4 fully saturated rings. The van der Waals surface area contributed by atoms with Gasteiger partial charge in [0.2, 0.25) is 0 Å². The van der Waals surface area contributed by atoms with Crippen LogP contribution in [0.3, 0.4) is 0 Å². The van der Waals surface area contributed by atoms with Crippen molar-refractivity contribution in [3.8, 4) is 22.3 Å². The van der Waals surface area contributed by atoms with Gasteiger partial charge in [0.1, 0.15) is 11.2 Å². The number of furan rings is 1. The predicted molar refractivity (Wildman–Crippen MR) is 230 cm³/mol. The second-order valence-electron chi connectivity index (χ2n) is 20.0. The number of rotatable bonds is 4. The van der Waals surface area contributed by atoms with Crippen molar-refractivity contribution in [2.75, 3.05) is 4.90 Å². The standard InChI is InChI=1S/C54H49NO/c1-51(2)25-26-52(3,4)50-41(51)14-9-16-44(50)55(43-15-10-18-46-49(43)39-12-6-8-17-45(39)56-46)36-22-19-33(20-23-36)34-21-24-38-37-11-5-7-13-40(37)54(42(38)29-34)47-28-32-27-35-30-48(54)53(35,47)31-32/h5-24,29,32,35,47-48H,25-28,30-31H2,1-4H3. The minimum atomic E-state index is 0.0311. The maximum atomic E-state index is 6.49. The first-order valence-corrected chi connectivity index (χ1v) is 21.4. The molecule has 6 aliphatic carbocycles. The molecule has 6 aliphatic rings. The van der Waals surface area contributed by atoms with Crippen molar-refractivity contribution >= 4 is 39.0 Å². The summed E-state index contributed by atoms with van der Waals surface area (Å²) in [5.41, 5.74) is 18.3. The van der Waals surface area contributed by atoms with Gasteiger partial charge in [-0.25, -0.2) is 0 Å². The van der Waals surface area contributed by atoms with Crippen LogP contribution in [0.2, 0.25) is 0 Å². The Balaban J connectivity index is 0.974. The van der Waals surface area contributed by atoms with E-state index in [9.17, 15) is 0 Å². The van der Waals surface area contributed by atoms with Crippen molar-refractivity contribution in [2.45, 2.75) is 82.5 Å². The summed E-state index contributed by atoms with van der Waals surface area (Å²) in [7, 11) is 0. The highest BCUT2D eigenvalue weighted by Crippen LogP contribution is 2.89. The van der Waals surface area contributed by atoms with Gasteiger partial charge in [-0.05, 0) is 165 Å². The molecule has 0 amide bonds. The van der Waals surface area contributed by atoms with Gasteiger partial charge in [0.15, 0.2) is 0 Å². The van der Waals surface area contributed by atoms with Crippen LogP contribution < -0.4 is 4.90 Å². The number of hydrogen-bond acceptors (Lipinski definition) is 2. The summed E-state index contributed by atoms with van der Waals surface area (Å²) in [6.07, 6.45) is 8.23. The van der Waals surface area contributed by atoms with Gasteiger partial charge >= 0.3 is 0 Å². The summed E-state index contributed by atoms with van der Waals surface area (Å²) in [6.45, 7) is 9.75. The van der Waals surface area contributed by atoms with Crippen LogP contribution in [0, 0.1) is 29.1 Å². The second kappa shape index (κ2) is 10.5. The first-order chi connectivity index (χ1) is 27.2. The minimum absolute atomic E-state index is 0.0311. The lowest BCUT2D eigenvalue weighted by Gasteiger charge is -2.76. The molecule has 1 aromatic heterocycles. The Morgan fingerprint density at radius 2 is 1.27 bits per heavy atom. The summed E-state index contributed by atoms with van der Waals surface area (Å²) in [6, 6.07) is 48.6. The van der Waals surface area contributed by atoms with Crippen LogP contribution in [0.4, 0.5) is 17.1 Å². The van der Waals surface area contributed by atoms with E-state index in [0.717, 1.165) is 52.3 Å². The molecule has 56 heavy (non-hydrogen) atoms. The average Bonchev–Trinajstić information content (AvgIpc) is 3.95. The fourth-order valence-corrected chi connectivity index (χ4v) is 14.5. The number of nitrogens with zero attached hydrogens (tertiary/aromatic N) is 1. The molecule has 276 valence electrons. The molecule has 0 N–H and O–H groups in total. The molecule has 2 heteroatoms. The SMILES string of the molecule is CC1(C)CCC(C)(C)c2c(N(c3ccc(-c4ccc5c(c4)C4(c6ccccc6-5)C5CC6CC7CC4C75C6)cc3)c3cccc4oc5ccccc5c34)cccc21. The Morgan fingerprint density at radius 1 is 0.571 bits per heavy atom. The zero-order chi connectivity index (χ0) is 37.3. The van der Waals surface area contributed by atoms with Crippen LogP contribution in [0.1, 0.15) is 88.5 Å². The van der Waals surface area contributed by atoms with Crippen LogP contribution in [0.15, 0.2) is 132 Å². The molecule has 2 nitrogen and oxygen atoms in total. The molecule has 1 heterocycles. The first-order valence-electron chi connectivity index (χ1n) is 21.4. The topological polar surface area (TPSA) is 16.4 Å². The summed E-state index contributed by atoms with van der Waals surface area (Å²) >= 11 is 0. The molecule has 6 aromatic carbocycles. The first kappa shape index (κ1) is 32.1. The number of para-hydroxylation sites is 1. The van der Waals surface area contributed by atoms with E-state index in [0.29, 0.717) is 5.41 Å². The monoisotopic (exact) mass is 727 g/mol. The maximum absolute atomic E-state index is 6.49. The molecular formula is C54H49NO. The van der Waals surface area contributed by atoms with E-state index in [1.54, 1.807) is 11.1 Å². The Kier molecular flexibility index (Phi) is 5.98. The summed E-state index contributed by atoms with van der Waals surface area (Å²) < 4.78 is 6.49. The maximum Gasteiger partial charge on any atom is 0.137 e. The number of hydrogen-bond donors (Lipinski definition) is 0. The number of fused-ring (bicyclic) bond motifs is 12. The van der Waals surface area contributed by atoms with Gasteiger partial charge in [0.05, 0.1) is 16.8 Å². The summed E-state index contributed by atoms with van der Waals surface area (Å²) in [5.74, 6) is 3.59. The molecule has 7 aromatic rings. The van der Waals surface area contributed by atoms with Gasteiger partial charge in [-0.1, -0.05) is 113 Å².